The van der Waals surface area contributed by atoms with E-state index in [1.54, 1.807) is 13.2 Å². The summed E-state index contributed by atoms with van der Waals surface area (Å²) in [6.07, 6.45) is 2.04. The Morgan fingerprint density at radius 3 is 3.00 bits per heavy atom. The van der Waals surface area contributed by atoms with Gasteiger partial charge in [0.1, 0.15) is 5.75 Å². The fourth-order valence-electron chi connectivity index (χ4n) is 1.44. The molecule has 1 aromatic heterocycles. The molecule has 0 saturated heterocycles. The van der Waals surface area contributed by atoms with Crippen molar-refractivity contribution in [2.45, 2.75) is 6.42 Å². The van der Waals surface area contributed by atoms with Crippen LogP contribution in [-0.4, -0.2) is 23.8 Å². The highest BCUT2D eigenvalue weighted by atomic mass is 16.5. The van der Waals surface area contributed by atoms with Gasteiger partial charge in [-0.25, -0.2) is 0 Å². The van der Waals surface area contributed by atoms with E-state index >= 15 is 0 Å². The Labute approximate surface area is 98.8 Å². The molecule has 6 heteroatoms. The molecule has 0 unspecified atom stereocenters. The maximum absolute atomic E-state index is 5.86. The van der Waals surface area contributed by atoms with Gasteiger partial charge in [0.05, 0.1) is 18.5 Å². The van der Waals surface area contributed by atoms with Crippen LogP contribution in [0.25, 0.3) is 0 Å². The zero-order valence-electron chi connectivity index (χ0n) is 9.51. The van der Waals surface area contributed by atoms with Gasteiger partial charge in [-0.2, -0.15) is 4.98 Å². The van der Waals surface area contributed by atoms with Crippen molar-refractivity contribution < 1.29 is 9.26 Å². The summed E-state index contributed by atoms with van der Waals surface area (Å²) in [7, 11) is 1.61. The molecular weight excluding hydrogens is 220 g/mol. The third-order valence-corrected chi connectivity index (χ3v) is 2.32. The SMILES string of the molecule is COc1ccc(NCCc2ncno2)c(N)c1. The zero-order valence-corrected chi connectivity index (χ0v) is 9.51. The van der Waals surface area contributed by atoms with Crippen molar-refractivity contribution in [2.75, 3.05) is 24.7 Å². The normalized spacial score (nSPS) is 10.2. The average molecular weight is 234 g/mol. The molecule has 0 fully saturated rings. The third kappa shape index (κ3) is 2.87. The molecule has 1 heterocycles. The van der Waals surface area contributed by atoms with E-state index in [4.69, 9.17) is 15.0 Å². The Morgan fingerprint density at radius 2 is 2.35 bits per heavy atom. The lowest BCUT2D eigenvalue weighted by Crippen LogP contribution is -2.07. The topological polar surface area (TPSA) is 86.2 Å². The van der Waals surface area contributed by atoms with Crippen molar-refractivity contribution >= 4 is 11.4 Å². The number of anilines is 2. The Balaban J connectivity index is 1.90. The van der Waals surface area contributed by atoms with E-state index in [1.807, 2.05) is 12.1 Å². The number of ether oxygens (including phenoxy) is 1. The molecule has 2 rings (SSSR count). The summed E-state index contributed by atoms with van der Waals surface area (Å²) in [5.74, 6) is 1.34. The summed E-state index contributed by atoms with van der Waals surface area (Å²) >= 11 is 0. The van der Waals surface area contributed by atoms with Crippen molar-refractivity contribution in [2.24, 2.45) is 0 Å². The van der Waals surface area contributed by atoms with Gasteiger partial charge in [0.25, 0.3) is 0 Å². The predicted octanol–water partition coefficient (Wildman–Crippen LogP) is 1.31. The van der Waals surface area contributed by atoms with E-state index in [0.717, 1.165) is 11.4 Å². The highest BCUT2D eigenvalue weighted by Gasteiger charge is 2.02. The first-order valence-electron chi connectivity index (χ1n) is 5.22. The molecule has 0 aliphatic carbocycles. The number of nitrogens with one attached hydrogen (secondary N) is 1. The smallest absolute Gasteiger partial charge is 0.228 e. The first-order chi connectivity index (χ1) is 8.29. The number of benzene rings is 1. The lowest BCUT2D eigenvalue weighted by molar-refractivity contribution is 0.380. The van der Waals surface area contributed by atoms with Gasteiger partial charge in [-0.05, 0) is 12.1 Å². The molecule has 90 valence electrons. The van der Waals surface area contributed by atoms with Gasteiger partial charge in [0.2, 0.25) is 5.89 Å². The fraction of sp³-hybridized carbons (Fsp3) is 0.273. The molecule has 0 saturated carbocycles. The Kier molecular flexibility index (Phi) is 3.44. The number of hydrogen-bond donors (Lipinski definition) is 2. The van der Waals surface area contributed by atoms with Crippen molar-refractivity contribution in [1.82, 2.24) is 10.1 Å². The predicted molar refractivity (Wildman–Crippen MR) is 63.9 cm³/mol. The quantitative estimate of drug-likeness (QED) is 0.759. The second-order valence-corrected chi connectivity index (χ2v) is 3.46. The van der Waals surface area contributed by atoms with Crippen molar-refractivity contribution in [3.8, 4) is 5.75 Å². The number of methoxy groups -OCH3 is 1. The molecule has 1 aromatic carbocycles. The third-order valence-electron chi connectivity index (χ3n) is 2.32. The highest BCUT2D eigenvalue weighted by molar-refractivity contribution is 5.68. The standard InChI is InChI=1S/C11H14N4O2/c1-16-8-2-3-10(9(12)6-8)13-5-4-11-14-7-15-17-11/h2-3,6-7,13H,4-5,12H2,1H3. The minimum Gasteiger partial charge on any atom is -0.497 e. The molecule has 0 radical (unpaired) electrons. The molecule has 0 aliphatic rings. The Bertz CT molecular complexity index is 470. The number of nitrogens with zero attached hydrogens (tertiary/aromatic N) is 2. The van der Waals surface area contributed by atoms with Crippen LogP contribution in [0, 0.1) is 0 Å². The molecule has 6 nitrogen and oxygen atoms in total. The second kappa shape index (κ2) is 5.20. The Morgan fingerprint density at radius 1 is 1.47 bits per heavy atom. The maximum atomic E-state index is 5.86. The summed E-state index contributed by atoms with van der Waals surface area (Å²) in [6, 6.07) is 5.50. The van der Waals surface area contributed by atoms with Gasteiger partial charge in [-0.1, -0.05) is 5.16 Å². The zero-order chi connectivity index (χ0) is 12.1. The van der Waals surface area contributed by atoms with Crippen LogP contribution >= 0.6 is 0 Å². The van der Waals surface area contributed by atoms with Crippen LogP contribution in [0.4, 0.5) is 11.4 Å². The molecule has 0 amide bonds. The molecule has 0 atom stereocenters. The van der Waals surface area contributed by atoms with Crippen molar-refractivity contribution in [1.29, 1.82) is 0 Å². The summed E-state index contributed by atoms with van der Waals surface area (Å²) in [4.78, 5) is 3.93. The fourth-order valence-corrected chi connectivity index (χ4v) is 1.44. The lowest BCUT2D eigenvalue weighted by Gasteiger charge is -2.09. The molecule has 2 aromatic rings. The minimum atomic E-state index is 0.601. The maximum Gasteiger partial charge on any atom is 0.228 e. The molecule has 0 aliphatic heterocycles. The number of rotatable bonds is 5. The van der Waals surface area contributed by atoms with Crippen LogP contribution in [0.15, 0.2) is 29.0 Å². The van der Waals surface area contributed by atoms with E-state index in [1.165, 1.54) is 6.33 Å². The van der Waals surface area contributed by atoms with Crippen LogP contribution in [-0.2, 0) is 6.42 Å². The summed E-state index contributed by atoms with van der Waals surface area (Å²) in [5.41, 5.74) is 7.38. The molecule has 3 N–H and O–H groups in total. The highest BCUT2D eigenvalue weighted by Crippen LogP contribution is 2.23. The van der Waals surface area contributed by atoms with Crippen molar-refractivity contribution in [3.05, 3.63) is 30.4 Å². The first kappa shape index (κ1) is 11.3. The second-order valence-electron chi connectivity index (χ2n) is 3.46. The van der Waals surface area contributed by atoms with E-state index < -0.39 is 0 Å². The van der Waals surface area contributed by atoms with Gasteiger partial charge in [-0.15, -0.1) is 0 Å². The van der Waals surface area contributed by atoms with Crippen molar-refractivity contribution in [3.63, 3.8) is 0 Å². The van der Waals surface area contributed by atoms with Gasteiger partial charge >= 0.3 is 0 Å². The van der Waals surface area contributed by atoms with Crippen LogP contribution in [0.2, 0.25) is 0 Å². The number of nitrogen functional groups attached to an aromatic ring is 1. The van der Waals surface area contributed by atoms with E-state index in [9.17, 15) is 0 Å². The largest absolute Gasteiger partial charge is 0.497 e. The van der Waals surface area contributed by atoms with Crippen LogP contribution < -0.4 is 15.8 Å². The summed E-state index contributed by atoms with van der Waals surface area (Å²) in [6.45, 7) is 0.679. The average Bonchev–Trinajstić information content (AvgIpc) is 2.84. The molecular formula is C11H14N4O2. The van der Waals surface area contributed by atoms with Gasteiger partial charge in [0, 0.05) is 19.0 Å². The van der Waals surface area contributed by atoms with Gasteiger partial charge < -0.3 is 20.3 Å². The van der Waals surface area contributed by atoms with E-state index in [-0.39, 0.29) is 0 Å². The summed E-state index contributed by atoms with van der Waals surface area (Å²) in [5, 5.41) is 6.73. The van der Waals surface area contributed by atoms with Gasteiger partial charge in [0.15, 0.2) is 6.33 Å². The van der Waals surface area contributed by atoms with Crippen LogP contribution in [0.3, 0.4) is 0 Å². The Hall–Kier alpha value is -2.24. The lowest BCUT2D eigenvalue weighted by atomic mass is 10.2. The molecule has 0 spiro atoms. The molecule has 17 heavy (non-hydrogen) atoms. The monoisotopic (exact) mass is 234 g/mol. The minimum absolute atomic E-state index is 0.601. The van der Waals surface area contributed by atoms with Crippen LogP contribution in [0.1, 0.15) is 5.89 Å². The van der Waals surface area contributed by atoms with Crippen LogP contribution in [0.5, 0.6) is 5.75 Å². The molecule has 0 bridgehead atoms. The number of aromatic nitrogens is 2. The summed E-state index contributed by atoms with van der Waals surface area (Å²) < 4.78 is 9.96. The van der Waals surface area contributed by atoms with Gasteiger partial charge in [-0.3, -0.25) is 0 Å². The number of hydrogen-bond acceptors (Lipinski definition) is 6. The van der Waals surface area contributed by atoms with E-state index in [2.05, 4.69) is 15.5 Å². The van der Waals surface area contributed by atoms with E-state index in [0.29, 0.717) is 24.5 Å². The number of nitrogens with two attached hydrogens (primary N) is 1. The first-order valence-corrected chi connectivity index (χ1v) is 5.22.